The van der Waals surface area contributed by atoms with Gasteiger partial charge < -0.3 is 9.64 Å². The molecule has 142 valence electrons. The molecule has 0 spiro atoms. The Hall–Kier alpha value is -1.92. The first-order valence-electron chi connectivity index (χ1n) is 9.61. The Balaban J connectivity index is 1.87. The van der Waals surface area contributed by atoms with E-state index in [-0.39, 0.29) is 5.91 Å². The van der Waals surface area contributed by atoms with Crippen LogP contribution in [0.2, 0.25) is 0 Å². The lowest BCUT2D eigenvalue weighted by atomic mass is 9.90. The second-order valence-corrected chi connectivity index (χ2v) is 6.92. The van der Waals surface area contributed by atoms with Crippen molar-refractivity contribution < 1.29 is 9.53 Å². The van der Waals surface area contributed by atoms with E-state index in [2.05, 4.69) is 25.0 Å². The maximum Gasteiger partial charge on any atom is 0.274 e. The third-order valence-electron chi connectivity index (χ3n) is 5.36. The number of fused-ring (bicyclic) bond motifs is 1. The van der Waals surface area contributed by atoms with Crippen LogP contribution in [0.3, 0.4) is 0 Å². The fourth-order valence-corrected chi connectivity index (χ4v) is 4.03. The number of aryl methyl sites for hydroxylation is 1. The molecule has 0 N–H and O–H groups in total. The van der Waals surface area contributed by atoms with E-state index in [1.165, 1.54) is 5.69 Å². The molecular weight excluding hydrogens is 328 g/mol. The number of nitrogens with zero attached hydrogens (tertiary/aromatic N) is 4. The summed E-state index contributed by atoms with van der Waals surface area (Å²) in [5.41, 5.74) is 3.01. The first kappa shape index (κ1) is 18.9. The molecule has 1 saturated heterocycles. The molecule has 0 aromatic carbocycles. The van der Waals surface area contributed by atoms with Crippen LogP contribution >= 0.6 is 0 Å². The lowest BCUT2D eigenvalue weighted by molar-refractivity contribution is 0.0297. The number of carbonyl (C=O) groups excluding carboxylic acids is 1. The van der Waals surface area contributed by atoms with Crippen molar-refractivity contribution in [3.8, 4) is 0 Å². The Kier molecular flexibility index (Phi) is 6.27. The van der Waals surface area contributed by atoms with E-state index in [9.17, 15) is 4.79 Å². The van der Waals surface area contributed by atoms with Gasteiger partial charge in [0.1, 0.15) is 0 Å². The van der Waals surface area contributed by atoms with Crippen molar-refractivity contribution in [1.82, 2.24) is 19.6 Å². The molecule has 0 radical (unpaired) electrons. The monoisotopic (exact) mass is 358 g/mol. The summed E-state index contributed by atoms with van der Waals surface area (Å²) >= 11 is 0. The van der Waals surface area contributed by atoms with Crippen LogP contribution in [0.15, 0.2) is 25.3 Å². The predicted molar refractivity (Wildman–Crippen MR) is 102 cm³/mol. The van der Waals surface area contributed by atoms with Crippen LogP contribution < -0.4 is 0 Å². The van der Waals surface area contributed by atoms with E-state index in [1.807, 2.05) is 21.7 Å². The lowest BCUT2D eigenvalue weighted by Crippen LogP contribution is -2.42. The normalized spacial score (nSPS) is 20.1. The molecule has 1 aliphatic carbocycles. The van der Waals surface area contributed by atoms with Crippen LogP contribution in [0.1, 0.15) is 35.1 Å². The summed E-state index contributed by atoms with van der Waals surface area (Å²) in [5.74, 6) is 0.0522. The standard InChI is InChI=1S/C20H30N4O2/c1-4-9-22(10-5-2)16-7-8-18-17(15-16)19(21-24(18)6-3)20(25)23-11-13-26-14-12-23/h4-5,16H,1-2,6-15H2,3H3/t16-/m1/s1. The number of hydrogen-bond acceptors (Lipinski definition) is 4. The lowest BCUT2D eigenvalue weighted by Gasteiger charge is -2.33. The van der Waals surface area contributed by atoms with E-state index in [0.29, 0.717) is 38.0 Å². The predicted octanol–water partition coefficient (Wildman–Crippen LogP) is 1.91. The highest BCUT2D eigenvalue weighted by Crippen LogP contribution is 2.28. The van der Waals surface area contributed by atoms with Crippen molar-refractivity contribution >= 4 is 5.91 Å². The van der Waals surface area contributed by atoms with Gasteiger partial charge in [0.15, 0.2) is 5.69 Å². The van der Waals surface area contributed by atoms with Crippen LogP contribution in [-0.2, 0) is 24.1 Å². The third kappa shape index (κ3) is 3.76. The van der Waals surface area contributed by atoms with Gasteiger partial charge in [-0.2, -0.15) is 5.10 Å². The van der Waals surface area contributed by atoms with E-state index in [1.54, 1.807) is 0 Å². The van der Waals surface area contributed by atoms with Crippen molar-refractivity contribution in [2.24, 2.45) is 0 Å². The minimum Gasteiger partial charge on any atom is -0.378 e. The zero-order valence-electron chi connectivity index (χ0n) is 15.8. The Labute approximate surface area is 156 Å². The van der Waals surface area contributed by atoms with E-state index < -0.39 is 0 Å². The van der Waals surface area contributed by atoms with Crippen molar-refractivity contribution in [3.05, 3.63) is 42.3 Å². The average Bonchev–Trinajstić information content (AvgIpc) is 3.06. The largest absolute Gasteiger partial charge is 0.378 e. The van der Waals surface area contributed by atoms with Gasteiger partial charge in [0.05, 0.1) is 13.2 Å². The quantitative estimate of drug-likeness (QED) is 0.699. The van der Waals surface area contributed by atoms with Gasteiger partial charge in [0, 0.05) is 50.0 Å². The van der Waals surface area contributed by atoms with Crippen LogP contribution in [0.4, 0.5) is 0 Å². The van der Waals surface area contributed by atoms with Gasteiger partial charge in [-0.1, -0.05) is 12.2 Å². The molecule has 1 aromatic heterocycles. The molecule has 6 heteroatoms. The van der Waals surface area contributed by atoms with E-state index in [0.717, 1.165) is 44.5 Å². The SMILES string of the molecule is C=CCN(CC=C)[C@@H]1CCc2c(c(C(=O)N3CCOCC3)nn2CC)C1. The van der Waals surface area contributed by atoms with E-state index >= 15 is 0 Å². The molecule has 1 aliphatic heterocycles. The van der Waals surface area contributed by atoms with Gasteiger partial charge in [-0.25, -0.2) is 0 Å². The third-order valence-corrected chi connectivity index (χ3v) is 5.36. The minimum atomic E-state index is 0.0522. The molecule has 6 nitrogen and oxygen atoms in total. The molecule has 3 rings (SSSR count). The Morgan fingerprint density at radius 3 is 2.62 bits per heavy atom. The Morgan fingerprint density at radius 1 is 1.31 bits per heavy atom. The fourth-order valence-electron chi connectivity index (χ4n) is 4.03. The molecular formula is C20H30N4O2. The summed E-state index contributed by atoms with van der Waals surface area (Å²) < 4.78 is 7.40. The van der Waals surface area contributed by atoms with Gasteiger partial charge in [0.2, 0.25) is 0 Å². The van der Waals surface area contributed by atoms with Crippen molar-refractivity contribution in [2.75, 3.05) is 39.4 Å². The highest BCUT2D eigenvalue weighted by Gasteiger charge is 2.32. The molecule has 1 aromatic rings. The second-order valence-electron chi connectivity index (χ2n) is 6.92. The first-order chi connectivity index (χ1) is 12.7. The summed E-state index contributed by atoms with van der Waals surface area (Å²) in [6, 6.07) is 0.393. The summed E-state index contributed by atoms with van der Waals surface area (Å²) in [6.45, 7) is 14.8. The number of carbonyl (C=O) groups is 1. The maximum atomic E-state index is 13.1. The zero-order valence-corrected chi connectivity index (χ0v) is 15.8. The van der Waals surface area contributed by atoms with Crippen molar-refractivity contribution in [3.63, 3.8) is 0 Å². The van der Waals surface area contributed by atoms with E-state index in [4.69, 9.17) is 9.84 Å². The van der Waals surface area contributed by atoms with Crippen LogP contribution in [0.5, 0.6) is 0 Å². The summed E-state index contributed by atoms with van der Waals surface area (Å²) in [7, 11) is 0. The molecule has 0 unspecified atom stereocenters. The second kappa shape index (κ2) is 8.64. The van der Waals surface area contributed by atoms with Crippen molar-refractivity contribution in [2.45, 2.75) is 38.8 Å². The van der Waals surface area contributed by atoms with Gasteiger partial charge in [-0.05, 0) is 26.2 Å². The van der Waals surface area contributed by atoms with Crippen LogP contribution in [-0.4, -0.2) is 70.9 Å². The van der Waals surface area contributed by atoms with Crippen molar-refractivity contribution in [1.29, 1.82) is 0 Å². The minimum absolute atomic E-state index is 0.0522. The number of rotatable bonds is 7. The number of ether oxygens (including phenoxy) is 1. The highest BCUT2D eigenvalue weighted by molar-refractivity contribution is 5.94. The molecule has 1 fully saturated rings. The van der Waals surface area contributed by atoms with Crippen LogP contribution in [0, 0.1) is 0 Å². The van der Waals surface area contributed by atoms with Gasteiger partial charge >= 0.3 is 0 Å². The fraction of sp³-hybridized carbons (Fsp3) is 0.600. The number of hydrogen-bond donors (Lipinski definition) is 0. The molecule has 1 atom stereocenters. The molecule has 0 saturated carbocycles. The van der Waals surface area contributed by atoms with Gasteiger partial charge in [-0.3, -0.25) is 14.4 Å². The topological polar surface area (TPSA) is 50.6 Å². The van der Waals surface area contributed by atoms with Gasteiger partial charge in [-0.15, -0.1) is 13.2 Å². The molecule has 2 aliphatic rings. The highest BCUT2D eigenvalue weighted by atomic mass is 16.5. The Bertz CT molecular complexity index is 651. The maximum absolute atomic E-state index is 13.1. The smallest absolute Gasteiger partial charge is 0.274 e. The molecule has 26 heavy (non-hydrogen) atoms. The van der Waals surface area contributed by atoms with Crippen LogP contribution in [0.25, 0.3) is 0 Å². The summed E-state index contributed by atoms with van der Waals surface area (Å²) in [4.78, 5) is 17.3. The first-order valence-corrected chi connectivity index (χ1v) is 9.61. The molecule has 2 heterocycles. The van der Waals surface area contributed by atoms with Gasteiger partial charge in [0.25, 0.3) is 5.91 Å². The number of amides is 1. The molecule has 1 amide bonds. The zero-order chi connectivity index (χ0) is 18.5. The molecule has 0 bridgehead atoms. The number of aromatic nitrogens is 2. The number of morpholine rings is 1. The average molecular weight is 358 g/mol. The Morgan fingerprint density at radius 2 is 2.00 bits per heavy atom. The summed E-state index contributed by atoms with van der Waals surface area (Å²) in [5, 5.41) is 4.70. The summed E-state index contributed by atoms with van der Waals surface area (Å²) in [6.07, 6.45) is 6.78.